The molecule has 4 nitrogen and oxygen atoms in total. The molecule has 0 radical (unpaired) electrons. The third kappa shape index (κ3) is 6.83. The molecule has 2 unspecified atom stereocenters. The largest absolute Gasteiger partial charge is 0.490 e. The highest BCUT2D eigenvalue weighted by molar-refractivity contribution is 9.10. The average Bonchev–Trinajstić information content (AvgIpc) is 2.42. The minimum absolute atomic E-state index is 0.228. The molecule has 114 valence electrons. The van der Waals surface area contributed by atoms with Gasteiger partial charge in [0.25, 0.3) is 0 Å². The van der Waals surface area contributed by atoms with Gasteiger partial charge in [-0.05, 0) is 40.5 Å². The van der Waals surface area contributed by atoms with Crippen LogP contribution in [-0.4, -0.2) is 46.6 Å². The lowest BCUT2D eigenvalue weighted by Gasteiger charge is -2.14. The summed E-state index contributed by atoms with van der Waals surface area (Å²) >= 11 is 3.43. The second-order valence-electron chi connectivity index (χ2n) is 4.54. The highest BCUT2D eigenvalue weighted by atomic mass is 79.9. The third-order valence-corrected chi connectivity index (χ3v) is 4.65. The minimum Gasteiger partial charge on any atom is -0.490 e. The second kappa shape index (κ2) is 9.50. The van der Waals surface area contributed by atoms with Crippen molar-refractivity contribution >= 4 is 26.7 Å². The fraction of sp³-hybridized carbons (Fsp3) is 0.571. The number of hydrogen-bond acceptors (Lipinski definition) is 4. The third-order valence-electron chi connectivity index (χ3n) is 2.73. The van der Waals surface area contributed by atoms with E-state index in [0.717, 1.165) is 15.8 Å². The van der Waals surface area contributed by atoms with E-state index in [0.29, 0.717) is 24.6 Å². The fourth-order valence-electron chi connectivity index (χ4n) is 1.57. The van der Waals surface area contributed by atoms with Crippen LogP contribution in [-0.2, 0) is 10.8 Å². The van der Waals surface area contributed by atoms with Gasteiger partial charge in [0.15, 0.2) is 0 Å². The SMILES string of the molecule is CCS(=O)CCNCC(O)COc1ccc(C)cc1Br. The topological polar surface area (TPSA) is 58.6 Å². The van der Waals surface area contributed by atoms with Crippen molar-refractivity contribution in [2.45, 2.75) is 20.0 Å². The maximum atomic E-state index is 11.2. The molecule has 0 aliphatic heterocycles. The minimum atomic E-state index is -0.762. The van der Waals surface area contributed by atoms with E-state index in [-0.39, 0.29) is 6.61 Å². The molecule has 0 aromatic heterocycles. The van der Waals surface area contributed by atoms with Gasteiger partial charge in [0.2, 0.25) is 0 Å². The predicted molar refractivity (Wildman–Crippen MR) is 86.8 cm³/mol. The fourth-order valence-corrected chi connectivity index (χ4v) is 2.84. The van der Waals surface area contributed by atoms with Crippen molar-refractivity contribution in [2.75, 3.05) is 31.2 Å². The first-order chi connectivity index (χ1) is 9.52. The summed E-state index contributed by atoms with van der Waals surface area (Å²) in [5.41, 5.74) is 1.15. The van der Waals surface area contributed by atoms with Crippen LogP contribution in [0, 0.1) is 6.92 Å². The summed E-state index contributed by atoms with van der Waals surface area (Å²) in [6.07, 6.45) is -0.585. The first kappa shape index (κ1) is 17.6. The van der Waals surface area contributed by atoms with Gasteiger partial charge in [0, 0.05) is 35.4 Å². The number of nitrogens with one attached hydrogen (secondary N) is 1. The zero-order valence-electron chi connectivity index (χ0n) is 11.9. The molecule has 1 rings (SSSR count). The first-order valence-electron chi connectivity index (χ1n) is 6.65. The van der Waals surface area contributed by atoms with Crippen molar-refractivity contribution in [3.63, 3.8) is 0 Å². The Morgan fingerprint density at radius 3 is 2.90 bits per heavy atom. The van der Waals surface area contributed by atoms with Crippen LogP contribution in [0.3, 0.4) is 0 Å². The molecule has 2 N–H and O–H groups in total. The number of aryl methyl sites for hydroxylation is 1. The molecule has 0 heterocycles. The summed E-state index contributed by atoms with van der Waals surface area (Å²) < 4.78 is 17.7. The van der Waals surface area contributed by atoms with Crippen LogP contribution >= 0.6 is 15.9 Å². The van der Waals surface area contributed by atoms with Gasteiger partial charge in [-0.1, -0.05) is 13.0 Å². The quantitative estimate of drug-likeness (QED) is 0.657. The molecule has 0 aliphatic carbocycles. The number of rotatable bonds is 9. The van der Waals surface area contributed by atoms with Crippen LogP contribution in [0.4, 0.5) is 0 Å². The van der Waals surface area contributed by atoms with Crippen LogP contribution in [0.15, 0.2) is 22.7 Å². The van der Waals surface area contributed by atoms with E-state index >= 15 is 0 Å². The summed E-state index contributed by atoms with van der Waals surface area (Å²) in [4.78, 5) is 0. The van der Waals surface area contributed by atoms with E-state index in [2.05, 4.69) is 21.2 Å². The molecule has 0 spiro atoms. The molecule has 0 saturated carbocycles. The zero-order chi connectivity index (χ0) is 15.0. The Morgan fingerprint density at radius 2 is 2.25 bits per heavy atom. The van der Waals surface area contributed by atoms with Crippen molar-refractivity contribution in [3.8, 4) is 5.75 Å². The monoisotopic (exact) mass is 363 g/mol. The van der Waals surface area contributed by atoms with Gasteiger partial charge >= 0.3 is 0 Å². The van der Waals surface area contributed by atoms with Gasteiger partial charge in [-0.3, -0.25) is 4.21 Å². The van der Waals surface area contributed by atoms with Crippen LogP contribution in [0.25, 0.3) is 0 Å². The van der Waals surface area contributed by atoms with E-state index < -0.39 is 16.9 Å². The lowest BCUT2D eigenvalue weighted by atomic mass is 10.2. The van der Waals surface area contributed by atoms with Gasteiger partial charge in [-0.15, -0.1) is 0 Å². The normalized spacial score (nSPS) is 14.0. The van der Waals surface area contributed by atoms with E-state index in [1.165, 1.54) is 0 Å². The van der Waals surface area contributed by atoms with Gasteiger partial charge in [-0.25, -0.2) is 0 Å². The Bertz CT molecular complexity index is 442. The number of aliphatic hydroxyl groups is 1. The summed E-state index contributed by atoms with van der Waals surface area (Å²) in [6, 6.07) is 5.81. The number of hydrogen-bond donors (Lipinski definition) is 2. The van der Waals surface area contributed by atoms with Gasteiger partial charge in [0.1, 0.15) is 18.5 Å². The zero-order valence-corrected chi connectivity index (χ0v) is 14.3. The molecule has 2 atom stereocenters. The second-order valence-corrected chi connectivity index (χ2v) is 7.26. The van der Waals surface area contributed by atoms with Crippen molar-refractivity contribution in [2.24, 2.45) is 0 Å². The van der Waals surface area contributed by atoms with Crippen molar-refractivity contribution in [3.05, 3.63) is 28.2 Å². The Kier molecular flexibility index (Phi) is 8.37. The number of halogens is 1. The van der Waals surface area contributed by atoms with Crippen molar-refractivity contribution in [1.29, 1.82) is 0 Å². The molecular weight excluding hydrogens is 342 g/mol. The molecule has 0 saturated heterocycles. The van der Waals surface area contributed by atoms with Gasteiger partial charge in [-0.2, -0.15) is 0 Å². The van der Waals surface area contributed by atoms with E-state index in [9.17, 15) is 9.32 Å². The molecule has 6 heteroatoms. The highest BCUT2D eigenvalue weighted by Crippen LogP contribution is 2.25. The summed E-state index contributed by atoms with van der Waals surface area (Å²) in [7, 11) is -0.762. The molecule has 0 bridgehead atoms. The lowest BCUT2D eigenvalue weighted by Crippen LogP contribution is -2.33. The maximum Gasteiger partial charge on any atom is 0.133 e. The van der Waals surface area contributed by atoms with Crippen LogP contribution in [0.1, 0.15) is 12.5 Å². The Morgan fingerprint density at radius 1 is 1.50 bits per heavy atom. The van der Waals surface area contributed by atoms with Crippen molar-refractivity contribution in [1.82, 2.24) is 5.32 Å². The smallest absolute Gasteiger partial charge is 0.133 e. The maximum absolute atomic E-state index is 11.2. The summed E-state index contributed by atoms with van der Waals surface area (Å²) in [6.45, 7) is 5.22. The van der Waals surface area contributed by atoms with E-state index in [4.69, 9.17) is 4.74 Å². The Balaban J connectivity index is 2.22. The number of aliphatic hydroxyl groups excluding tert-OH is 1. The molecule has 0 fully saturated rings. The van der Waals surface area contributed by atoms with Gasteiger partial charge < -0.3 is 15.2 Å². The molecular formula is C14H22BrNO3S. The Labute approximate surface area is 131 Å². The molecule has 0 aliphatic rings. The Hall–Kier alpha value is -0.430. The van der Waals surface area contributed by atoms with E-state index in [1.54, 1.807) is 0 Å². The van der Waals surface area contributed by atoms with Crippen LogP contribution in [0.5, 0.6) is 5.75 Å². The highest BCUT2D eigenvalue weighted by Gasteiger charge is 2.07. The molecule has 0 amide bonds. The number of ether oxygens (including phenoxy) is 1. The summed E-state index contributed by atoms with van der Waals surface area (Å²) in [5.74, 6) is 2.02. The predicted octanol–water partition coefficient (Wildman–Crippen LogP) is 1.86. The summed E-state index contributed by atoms with van der Waals surface area (Å²) in [5, 5.41) is 12.9. The van der Waals surface area contributed by atoms with Gasteiger partial charge in [0.05, 0.1) is 4.47 Å². The van der Waals surface area contributed by atoms with Crippen LogP contribution < -0.4 is 10.1 Å². The van der Waals surface area contributed by atoms with Crippen molar-refractivity contribution < 1.29 is 14.1 Å². The lowest BCUT2D eigenvalue weighted by molar-refractivity contribution is 0.106. The standard InChI is InChI=1S/C14H22BrNO3S/c1-3-20(18)7-6-16-9-12(17)10-19-14-5-4-11(2)8-13(14)15/h4-5,8,12,16-17H,3,6-7,9-10H2,1-2H3. The number of benzene rings is 1. The molecule has 1 aromatic carbocycles. The molecule has 1 aromatic rings. The molecule has 20 heavy (non-hydrogen) atoms. The first-order valence-corrected chi connectivity index (χ1v) is 8.93. The average molecular weight is 364 g/mol. The van der Waals surface area contributed by atoms with E-state index in [1.807, 2.05) is 32.0 Å². The van der Waals surface area contributed by atoms with Crippen LogP contribution in [0.2, 0.25) is 0 Å².